The van der Waals surface area contributed by atoms with Crippen molar-refractivity contribution < 1.29 is 9.47 Å². The molecule has 0 amide bonds. The number of ether oxygens (including phenoxy) is 2. The van der Waals surface area contributed by atoms with Crippen LogP contribution in [0.15, 0.2) is 34.8 Å². The van der Waals surface area contributed by atoms with Gasteiger partial charge in [-0.15, -0.1) is 0 Å². The SMILES string of the molecule is CCCOc1cc(Cc2cc(Br)cc3c2OCC3)ccc1C. The van der Waals surface area contributed by atoms with Crippen molar-refractivity contribution in [1.82, 2.24) is 0 Å². The normalized spacial score (nSPS) is 12.9. The first-order valence-electron chi connectivity index (χ1n) is 7.84. The largest absolute Gasteiger partial charge is 0.493 e. The standard InChI is InChI=1S/C19H21BrO2/c1-3-7-21-18-10-14(5-4-13(18)2)9-16-12-17(20)11-15-6-8-22-19(15)16/h4-5,10-12H,3,6-9H2,1-2H3. The molecule has 0 N–H and O–H groups in total. The minimum atomic E-state index is 0.764. The Hall–Kier alpha value is -1.48. The van der Waals surface area contributed by atoms with Gasteiger partial charge in [-0.1, -0.05) is 35.0 Å². The van der Waals surface area contributed by atoms with E-state index in [1.807, 2.05) is 0 Å². The molecule has 2 aromatic carbocycles. The maximum atomic E-state index is 5.84. The van der Waals surface area contributed by atoms with E-state index in [4.69, 9.17) is 9.47 Å². The zero-order chi connectivity index (χ0) is 15.5. The Bertz CT molecular complexity index is 679. The topological polar surface area (TPSA) is 18.5 Å². The molecule has 0 aliphatic carbocycles. The first kappa shape index (κ1) is 15.4. The summed E-state index contributed by atoms with van der Waals surface area (Å²) in [6, 6.07) is 10.8. The summed E-state index contributed by atoms with van der Waals surface area (Å²) >= 11 is 3.61. The average molecular weight is 361 g/mol. The van der Waals surface area contributed by atoms with Gasteiger partial charge in [0, 0.05) is 17.3 Å². The van der Waals surface area contributed by atoms with E-state index >= 15 is 0 Å². The zero-order valence-electron chi connectivity index (χ0n) is 13.1. The van der Waals surface area contributed by atoms with Crippen molar-refractivity contribution >= 4 is 15.9 Å². The summed E-state index contributed by atoms with van der Waals surface area (Å²) in [5.74, 6) is 2.06. The van der Waals surface area contributed by atoms with Crippen LogP contribution in [0.4, 0.5) is 0 Å². The van der Waals surface area contributed by atoms with E-state index in [2.05, 4.69) is 60.1 Å². The molecule has 0 spiro atoms. The number of hydrogen-bond donors (Lipinski definition) is 0. The van der Waals surface area contributed by atoms with Crippen LogP contribution in [0.2, 0.25) is 0 Å². The zero-order valence-corrected chi connectivity index (χ0v) is 14.7. The number of rotatable bonds is 5. The molecule has 0 saturated heterocycles. The molecule has 0 aromatic heterocycles. The summed E-state index contributed by atoms with van der Waals surface area (Å²) in [5, 5.41) is 0. The lowest BCUT2D eigenvalue weighted by atomic mass is 10.00. The summed E-state index contributed by atoms with van der Waals surface area (Å²) in [5.41, 5.74) is 4.99. The second kappa shape index (κ2) is 6.74. The molecule has 0 bridgehead atoms. The molecular weight excluding hydrogens is 340 g/mol. The van der Waals surface area contributed by atoms with Gasteiger partial charge in [0.1, 0.15) is 11.5 Å². The van der Waals surface area contributed by atoms with E-state index in [1.165, 1.54) is 22.3 Å². The first-order chi connectivity index (χ1) is 10.7. The molecule has 0 fully saturated rings. The highest BCUT2D eigenvalue weighted by molar-refractivity contribution is 9.10. The van der Waals surface area contributed by atoms with E-state index in [9.17, 15) is 0 Å². The lowest BCUT2D eigenvalue weighted by Crippen LogP contribution is -1.99. The fourth-order valence-electron chi connectivity index (χ4n) is 2.82. The number of aryl methyl sites for hydroxylation is 1. The molecule has 1 heterocycles. The second-order valence-electron chi connectivity index (χ2n) is 5.78. The highest BCUT2D eigenvalue weighted by atomic mass is 79.9. The van der Waals surface area contributed by atoms with Gasteiger partial charge >= 0.3 is 0 Å². The molecule has 22 heavy (non-hydrogen) atoms. The molecule has 3 heteroatoms. The van der Waals surface area contributed by atoms with Crippen LogP contribution in [0.25, 0.3) is 0 Å². The quantitative estimate of drug-likeness (QED) is 0.740. The van der Waals surface area contributed by atoms with Crippen molar-refractivity contribution in [3.63, 3.8) is 0 Å². The predicted molar refractivity (Wildman–Crippen MR) is 93.1 cm³/mol. The van der Waals surface area contributed by atoms with Crippen molar-refractivity contribution in [3.8, 4) is 11.5 Å². The third kappa shape index (κ3) is 3.30. The van der Waals surface area contributed by atoms with Crippen LogP contribution in [-0.4, -0.2) is 13.2 Å². The van der Waals surface area contributed by atoms with Gasteiger partial charge in [0.25, 0.3) is 0 Å². The van der Waals surface area contributed by atoms with Crippen molar-refractivity contribution in [1.29, 1.82) is 0 Å². The summed E-state index contributed by atoms with van der Waals surface area (Å²) in [6.07, 6.45) is 2.89. The number of benzene rings is 2. The number of hydrogen-bond acceptors (Lipinski definition) is 2. The Balaban J connectivity index is 1.87. The third-order valence-electron chi connectivity index (χ3n) is 3.93. The summed E-state index contributed by atoms with van der Waals surface area (Å²) in [4.78, 5) is 0. The Morgan fingerprint density at radius 3 is 2.91 bits per heavy atom. The molecule has 1 aliphatic rings. The Kier molecular flexibility index (Phi) is 4.72. The molecule has 0 radical (unpaired) electrons. The molecule has 0 atom stereocenters. The van der Waals surface area contributed by atoms with Crippen LogP contribution in [0.3, 0.4) is 0 Å². The van der Waals surface area contributed by atoms with Gasteiger partial charge in [-0.25, -0.2) is 0 Å². The van der Waals surface area contributed by atoms with Crippen molar-refractivity contribution in [2.75, 3.05) is 13.2 Å². The molecule has 1 aliphatic heterocycles. The summed E-state index contributed by atoms with van der Waals surface area (Å²) < 4.78 is 12.8. The van der Waals surface area contributed by atoms with Crippen LogP contribution in [-0.2, 0) is 12.8 Å². The molecule has 0 unspecified atom stereocenters. The number of halogens is 1. The average Bonchev–Trinajstić information content (AvgIpc) is 2.96. The van der Waals surface area contributed by atoms with Crippen LogP contribution < -0.4 is 9.47 Å². The summed E-state index contributed by atoms with van der Waals surface area (Å²) in [6.45, 7) is 5.77. The van der Waals surface area contributed by atoms with Gasteiger partial charge in [0.05, 0.1) is 13.2 Å². The van der Waals surface area contributed by atoms with Gasteiger partial charge in [0.2, 0.25) is 0 Å². The Morgan fingerprint density at radius 1 is 1.23 bits per heavy atom. The number of fused-ring (bicyclic) bond motifs is 1. The molecule has 0 saturated carbocycles. The van der Waals surface area contributed by atoms with E-state index in [-0.39, 0.29) is 0 Å². The van der Waals surface area contributed by atoms with Gasteiger partial charge in [-0.05, 0) is 53.8 Å². The van der Waals surface area contributed by atoms with Crippen LogP contribution in [0, 0.1) is 6.92 Å². The minimum absolute atomic E-state index is 0.764. The Labute approximate surface area is 140 Å². The third-order valence-corrected chi connectivity index (χ3v) is 4.39. The van der Waals surface area contributed by atoms with Crippen LogP contribution in [0.5, 0.6) is 11.5 Å². The highest BCUT2D eigenvalue weighted by Crippen LogP contribution is 2.34. The Morgan fingerprint density at radius 2 is 2.09 bits per heavy atom. The van der Waals surface area contributed by atoms with Gasteiger partial charge in [-0.2, -0.15) is 0 Å². The first-order valence-corrected chi connectivity index (χ1v) is 8.63. The fraction of sp³-hybridized carbons (Fsp3) is 0.368. The molecule has 2 nitrogen and oxygen atoms in total. The smallest absolute Gasteiger partial charge is 0.126 e. The predicted octanol–water partition coefficient (Wildman–Crippen LogP) is 5.07. The van der Waals surface area contributed by atoms with Gasteiger partial charge in [0.15, 0.2) is 0 Å². The van der Waals surface area contributed by atoms with Crippen LogP contribution >= 0.6 is 15.9 Å². The van der Waals surface area contributed by atoms with Crippen molar-refractivity contribution in [2.45, 2.75) is 33.1 Å². The van der Waals surface area contributed by atoms with Gasteiger partial charge in [-0.3, -0.25) is 0 Å². The van der Waals surface area contributed by atoms with E-state index in [0.717, 1.165) is 48.4 Å². The molecule has 2 aromatic rings. The van der Waals surface area contributed by atoms with E-state index in [0.29, 0.717) is 0 Å². The maximum Gasteiger partial charge on any atom is 0.126 e. The fourth-order valence-corrected chi connectivity index (χ4v) is 3.37. The van der Waals surface area contributed by atoms with E-state index < -0.39 is 0 Å². The lowest BCUT2D eigenvalue weighted by molar-refractivity contribution is 0.315. The minimum Gasteiger partial charge on any atom is -0.493 e. The molecule has 3 rings (SSSR count). The van der Waals surface area contributed by atoms with Crippen molar-refractivity contribution in [2.24, 2.45) is 0 Å². The van der Waals surface area contributed by atoms with E-state index in [1.54, 1.807) is 0 Å². The molecular formula is C19H21BrO2. The van der Waals surface area contributed by atoms with Crippen LogP contribution in [0.1, 0.15) is 35.6 Å². The molecule has 116 valence electrons. The van der Waals surface area contributed by atoms with Crippen molar-refractivity contribution in [3.05, 3.63) is 57.1 Å². The second-order valence-corrected chi connectivity index (χ2v) is 6.69. The maximum absolute atomic E-state index is 5.84. The highest BCUT2D eigenvalue weighted by Gasteiger charge is 2.17. The lowest BCUT2D eigenvalue weighted by Gasteiger charge is -2.12. The monoisotopic (exact) mass is 360 g/mol. The van der Waals surface area contributed by atoms with Gasteiger partial charge < -0.3 is 9.47 Å². The summed E-state index contributed by atoms with van der Waals surface area (Å²) in [7, 11) is 0.